The smallest absolute Gasteiger partial charge is 0.328 e. The third-order valence-electron chi connectivity index (χ3n) is 5.87. The van der Waals surface area contributed by atoms with Gasteiger partial charge in [0, 0.05) is 24.5 Å². The predicted molar refractivity (Wildman–Crippen MR) is 132 cm³/mol. The second-order valence-electron chi connectivity index (χ2n) is 8.63. The molecular formula is C25H25ClN6O. The molecule has 0 saturated carbocycles. The van der Waals surface area contributed by atoms with Crippen LogP contribution in [0, 0.1) is 0 Å². The molecule has 1 aliphatic heterocycles. The number of halogens is 1. The number of benzene rings is 2. The number of hydrogen-bond acceptors (Lipinski definition) is 5. The summed E-state index contributed by atoms with van der Waals surface area (Å²) in [5.74, 6) is 0.959. The summed E-state index contributed by atoms with van der Waals surface area (Å²) in [6.07, 6.45) is 3.59. The molecule has 0 amide bonds. The van der Waals surface area contributed by atoms with E-state index in [2.05, 4.69) is 29.9 Å². The Kier molecular flexibility index (Phi) is 5.42. The van der Waals surface area contributed by atoms with Crippen LogP contribution in [0.25, 0.3) is 22.6 Å². The number of H-pyrrole nitrogens is 1. The van der Waals surface area contributed by atoms with Crippen molar-refractivity contribution in [3.05, 3.63) is 87.7 Å². The molecule has 3 heterocycles. The fourth-order valence-electron chi connectivity index (χ4n) is 4.18. The van der Waals surface area contributed by atoms with Crippen LogP contribution in [0.5, 0.6) is 0 Å². The van der Waals surface area contributed by atoms with Crippen molar-refractivity contribution in [1.29, 1.82) is 0 Å². The van der Waals surface area contributed by atoms with Gasteiger partial charge in [-0.05, 0) is 29.2 Å². The van der Waals surface area contributed by atoms with E-state index >= 15 is 0 Å². The maximum Gasteiger partial charge on any atom is 0.328 e. The van der Waals surface area contributed by atoms with Crippen molar-refractivity contribution < 1.29 is 0 Å². The summed E-state index contributed by atoms with van der Waals surface area (Å²) >= 11 is 6.33. The lowest BCUT2D eigenvalue weighted by Crippen LogP contribution is -2.23. The summed E-state index contributed by atoms with van der Waals surface area (Å²) in [4.78, 5) is 29.0. The number of rotatable bonds is 5. The van der Waals surface area contributed by atoms with E-state index in [0.717, 1.165) is 16.8 Å². The lowest BCUT2D eigenvalue weighted by Gasteiger charge is -2.20. The summed E-state index contributed by atoms with van der Waals surface area (Å²) in [5, 5.41) is 0.684. The topological polar surface area (TPSA) is 70.1 Å². The fraction of sp³-hybridized carbons (Fsp3) is 0.240. The molecule has 0 fully saturated rings. The maximum atomic E-state index is 12.7. The average Bonchev–Trinajstić information content (AvgIpc) is 3.31. The zero-order valence-electron chi connectivity index (χ0n) is 18.8. The molecule has 0 bridgehead atoms. The molecule has 33 heavy (non-hydrogen) atoms. The number of imidazole rings is 1. The number of nitrogens with zero attached hydrogens (tertiary/aromatic N) is 5. The summed E-state index contributed by atoms with van der Waals surface area (Å²) in [5.41, 5.74) is 5.18. The number of hydrogen-bond donors (Lipinski definition) is 1. The second-order valence-corrected chi connectivity index (χ2v) is 9.02. The van der Waals surface area contributed by atoms with E-state index in [1.165, 1.54) is 5.56 Å². The number of aromatic nitrogens is 4. The largest absolute Gasteiger partial charge is 0.360 e. The van der Waals surface area contributed by atoms with E-state index < -0.39 is 0 Å². The van der Waals surface area contributed by atoms with Crippen molar-refractivity contribution in [2.75, 3.05) is 18.6 Å². The van der Waals surface area contributed by atoms with Gasteiger partial charge >= 0.3 is 5.69 Å². The zero-order chi connectivity index (χ0) is 23.1. The van der Waals surface area contributed by atoms with E-state index in [4.69, 9.17) is 16.6 Å². The Balaban J connectivity index is 1.48. The van der Waals surface area contributed by atoms with Crippen molar-refractivity contribution in [3.63, 3.8) is 0 Å². The molecule has 0 saturated heterocycles. The van der Waals surface area contributed by atoms with Crippen LogP contribution in [0.4, 0.5) is 5.69 Å². The summed E-state index contributed by atoms with van der Waals surface area (Å²) < 4.78 is 1.66. The molecule has 0 radical (unpaired) electrons. The fourth-order valence-corrected chi connectivity index (χ4v) is 4.50. The highest BCUT2D eigenvalue weighted by atomic mass is 35.5. The normalized spacial score (nSPS) is 13.9. The standard InChI is InChI=1S/C25H25ClN6O/c1-16(2)19-6-4-5-7-20(19)23-27-12-21-24(29-23)31(25(33)28-21)13-17-8-10-18(11-9-17)32-15-30(3)14-22(32)26/h4-12,14,16H,13,15H2,1-3H3,(H,28,33). The molecular weight excluding hydrogens is 436 g/mol. The molecule has 0 spiro atoms. The minimum Gasteiger partial charge on any atom is -0.360 e. The van der Waals surface area contributed by atoms with Gasteiger partial charge in [0.2, 0.25) is 0 Å². The van der Waals surface area contributed by atoms with Gasteiger partial charge in [0.25, 0.3) is 0 Å². The van der Waals surface area contributed by atoms with Crippen LogP contribution < -0.4 is 10.6 Å². The molecule has 0 unspecified atom stereocenters. The number of anilines is 1. The van der Waals surface area contributed by atoms with Crippen LogP contribution in [0.15, 0.2) is 70.9 Å². The highest BCUT2D eigenvalue weighted by molar-refractivity contribution is 6.31. The first kappa shape index (κ1) is 21.3. The molecule has 4 aromatic rings. The third kappa shape index (κ3) is 4.00. The van der Waals surface area contributed by atoms with E-state index in [0.29, 0.717) is 41.3 Å². The molecule has 8 heteroatoms. The Morgan fingerprint density at radius 3 is 2.58 bits per heavy atom. The lowest BCUT2D eigenvalue weighted by molar-refractivity contribution is 0.495. The minimum absolute atomic E-state index is 0.204. The predicted octanol–water partition coefficient (Wildman–Crippen LogP) is 4.71. The first-order valence-electron chi connectivity index (χ1n) is 10.9. The van der Waals surface area contributed by atoms with Gasteiger partial charge in [0.05, 0.1) is 19.4 Å². The van der Waals surface area contributed by atoms with Crippen molar-refractivity contribution >= 4 is 28.5 Å². The quantitative estimate of drug-likeness (QED) is 0.437. The molecule has 0 aliphatic carbocycles. The van der Waals surface area contributed by atoms with Crippen LogP contribution >= 0.6 is 11.6 Å². The van der Waals surface area contributed by atoms with Gasteiger partial charge in [0.15, 0.2) is 11.5 Å². The lowest BCUT2D eigenvalue weighted by atomic mass is 9.97. The van der Waals surface area contributed by atoms with Gasteiger partial charge in [-0.15, -0.1) is 0 Å². The first-order chi connectivity index (χ1) is 15.9. The highest BCUT2D eigenvalue weighted by Crippen LogP contribution is 2.28. The minimum atomic E-state index is -0.204. The van der Waals surface area contributed by atoms with Crippen LogP contribution in [0.2, 0.25) is 0 Å². The van der Waals surface area contributed by atoms with Gasteiger partial charge < -0.3 is 14.8 Å². The molecule has 2 aromatic heterocycles. The molecule has 1 N–H and O–H groups in total. The molecule has 0 atom stereocenters. The SMILES string of the molecule is CC(C)c1ccccc1-c1ncc2[nH]c(=O)n(Cc3ccc(N4CN(C)C=C4Cl)cc3)c2n1. The van der Waals surface area contributed by atoms with Crippen molar-refractivity contribution in [2.24, 2.45) is 0 Å². The number of fused-ring (bicyclic) bond motifs is 1. The van der Waals surface area contributed by atoms with Crippen LogP contribution in [0.3, 0.4) is 0 Å². The Morgan fingerprint density at radius 1 is 1.12 bits per heavy atom. The van der Waals surface area contributed by atoms with Crippen molar-refractivity contribution in [3.8, 4) is 11.4 Å². The Labute approximate surface area is 197 Å². The van der Waals surface area contributed by atoms with Gasteiger partial charge in [-0.1, -0.05) is 61.8 Å². The zero-order valence-corrected chi connectivity index (χ0v) is 19.5. The van der Waals surface area contributed by atoms with Crippen LogP contribution in [-0.4, -0.2) is 38.1 Å². The second kappa shape index (κ2) is 8.41. The van der Waals surface area contributed by atoms with Crippen LogP contribution in [-0.2, 0) is 6.54 Å². The van der Waals surface area contributed by atoms with E-state index in [1.807, 2.05) is 65.5 Å². The Bertz CT molecular complexity index is 1400. The number of aromatic amines is 1. The Morgan fingerprint density at radius 2 is 1.88 bits per heavy atom. The third-order valence-corrected chi connectivity index (χ3v) is 6.17. The van der Waals surface area contributed by atoms with E-state index in [-0.39, 0.29) is 5.69 Å². The molecule has 7 nitrogen and oxygen atoms in total. The summed E-state index contributed by atoms with van der Waals surface area (Å²) in [6, 6.07) is 16.2. The average molecular weight is 461 g/mol. The number of nitrogens with one attached hydrogen (secondary N) is 1. The molecule has 2 aromatic carbocycles. The van der Waals surface area contributed by atoms with Gasteiger partial charge in [-0.3, -0.25) is 4.57 Å². The van der Waals surface area contributed by atoms with Crippen molar-refractivity contribution in [2.45, 2.75) is 26.3 Å². The first-order valence-corrected chi connectivity index (χ1v) is 11.3. The van der Waals surface area contributed by atoms with Crippen molar-refractivity contribution in [1.82, 2.24) is 24.4 Å². The van der Waals surface area contributed by atoms with E-state index in [1.54, 1.807) is 10.8 Å². The summed E-state index contributed by atoms with van der Waals surface area (Å²) in [6.45, 7) is 5.41. The molecule has 5 rings (SSSR count). The molecule has 1 aliphatic rings. The highest BCUT2D eigenvalue weighted by Gasteiger charge is 2.19. The van der Waals surface area contributed by atoms with Gasteiger partial charge in [0.1, 0.15) is 10.7 Å². The molecule has 168 valence electrons. The Hall–Kier alpha value is -3.58. The monoisotopic (exact) mass is 460 g/mol. The maximum absolute atomic E-state index is 12.7. The van der Waals surface area contributed by atoms with Crippen LogP contribution in [0.1, 0.15) is 30.9 Å². The van der Waals surface area contributed by atoms with E-state index in [9.17, 15) is 4.79 Å². The van der Waals surface area contributed by atoms with Gasteiger partial charge in [-0.2, -0.15) is 0 Å². The summed E-state index contributed by atoms with van der Waals surface area (Å²) in [7, 11) is 1.98. The van der Waals surface area contributed by atoms with Gasteiger partial charge in [-0.25, -0.2) is 14.8 Å².